The van der Waals surface area contributed by atoms with E-state index in [1.807, 2.05) is 6.92 Å². The normalized spacial score (nSPS) is 11.5. The van der Waals surface area contributed by atoms with Gasteiger partial charge in [-0.25, -0.2) is 13.2 Å². The van der Waals surface area contributed by atoms with Crippen molar-refractivity contribution in [2.75, 3.05) is 18.1 Å². The first kappa shape index (κ1) is 17.0. The minimum absolute atomic E-state index is 0.00902. The lowest BCUT2D eigenvalue weighted by molar-refractivity contribution is 0.0698. The zero-order chi connectivity index (χ0) is 15.2. The Morgan fingerprint density at radius 2 is 2.00 bits per heavy atom. The van der Waals surface area contributed by atoms with Crippen LogP contribution in [0.2, 0.25) is 0 Å². The highest BCUT2D eigenvalue weighted by molar-refractivity contribution is 7.91. The monoisotopic (exact) mass is 320 g/mol. The van der Waals surface area contributed by atoms with Crippen LogP contribution in [0.5, 0.6) is 5.75 Å². The smallest absolute Gasteiger partial charge is 0.349 e. The van der Waals surface area contributed by atoms with Gasteiger partial charge in [-0.15, -0.1) is 11.3 Å². The minimum atomic E-state index is -3.11. The van der Waals surface area contributed by atoms with Gasteiger partial charge in [-0.05, 0) is 18.9 Å². The molecule has 0 bridgehead atoms. The van der Waals surface area contributed by atoms with Gasteiger partial charge < -0.3 is 9.84 Å². The molecule has 0 aliphatic carbocycles. The Morgan fingerprint density at radius 1 is 1.30 bits per heavy atom. The fraction of sp³-hybridized carbons (Fsp3) is 0.615. The summed E-state index contributed by atoms with van der Waals surface area (Å²) in [6, 6.07) is 1.70. The summed E-state index contributed by atoms with van der Waals surface area (Å²) in [4.78, 5) is 12.2. The number of hydrogen-bond donors (Lipinski definition) is 1. The molecule has 0 aliphatic rings. The molecule has 0 saturated carbocycles. The highest BCUT2D eigenvalue weighted by atomic mass is 32.2. The van der Waals surface area contributed by atoms with Gasteiger partial charge in [-0.3, -0.25) is 0 Å². The molecule has 0 unspecified atom stereocenters. The van der Waals surface area contributed by atoms with E-state index in [1.165, 1.54) is 11.3 Å². The van der Waals surface area contributed by atoms with Crippen molar-refractivity contribution in [3.05, 3.63) is 15.8 Å². The third kappa shape index (κ3) is 5.13. The second kappa shape index (κ2) is 7.64. The van der Waals surface area contributed by atoms with Gasteiger partial charge in [0.05, 0.1) is 11.5 Å². The van der Waals surface area contributed by atoms with Crippen LogP contribution in [-0.4, -0.2) is 37.6 Å². The zero-order valence-corrected chi connectivity index (χ0v) is 13.3. The molecule has 5 nitrogen and oxygen atoms in total. The molecule has 0 fully saturated rings. The predicted octanol–water partition coefficient (Wildman–Crippen LogP) is 2.60. The van der Waals surface area contributed by atoms with Gasteiger partial charge in [-0.2, -0.15) is 0 Å². The van der Waals surface area contributed by atoms with Crippen molar-refractivity contribution in [3.8, 4) is 5.75 Å². The van der Waals surface area contributed by atoms with Gasteiger partial charge in [0.1, 0.15) is 12.4 Å². The number of sulfone groups is 1. The molecule has 1 aromatic heterocycles. The molecule has 0 radical (unpaired) electrons. The number of thiophene rings is 1. The molecule has 1 aromatic rings. The first-order valence-electron chi connectivity index (χ1n) is 6.58. The van der Waals surface area contributed by atoms with Gasteiger partial charge in [0, 0.05) is 4.88 Å². The minimum Gasteiger partial charge on any atom is -0.491 e. The summed E-state index contributed by atoms with van der Waals surface area (Å²) in [7, 11) is -3.11. The summed E-state index contributed by atoms with van der Waals surface area (Å²) in [6.45, 7) is 3.81. The Hall–Kier alpha value is -1.08. The lowest BCUT2D eigenvalue weighted by atomic mass is 10.3. The molecule has 7 heteroatoms. The maximum absolute atomic E-state index is 11.6. The lowest BCUT2D eigenvalue weighted by Crippen LogP contribution is -2.17. The van der Waals surface area contributed by atoms with Crippen molar-refractivity contribution < 1.29 is 23.1 Å². The van der Waals surface area contributed by atoms with E-state index in [1.54, 1.807) is 13.0 Å². The molecule has 0 spiro atoms. The van der Waals surface area contributed by atoms with Gasteiger partial charge >= 0.3 is 5.97 Å². The molecule has 1 rings (SSSR count). The Labute approximate surface area is 123 Å². The number of hydrogen-bond acceptors (Lipinski definition) is 5. The molecule has 0 aromatic carbocycles. The van der Waals surface area contributed by atoms with Crippen molar-refractivity contribution in [2.24, 2.45) is 0 Å². The zero-order valence-electron chi connectivity index (χ0n) is 11.7. The average Bonchev–Trinajstić information content (AvgIpc) is 2.72. The molecule has 0 atom stereocenters. The molecule has 0 saturated heterocycles. The van der Waals surface area contributed by atoms with E-state index in [2.05, 4.69) is 0 Å². The van der Waals surface area contributed by atoms with Crippen molar-refractivity contribution in [1.29, 1.82) is 0 Å². The molecular formula is C13H20O5S2. The Balaban J connectivity index is 2.69. The SMILES string of the molecule is CCCc1cc(OCCS(=O)(=O)CCC)c(C(=O)O)s1. The second-order valence-electron chi connectivity index (χ2n) is 4.46. The summed E-state index contributed by atoms with van der Waals surface area (Å²) in [5.74, 6) is -0.715. The third-order valence-corrected chi connectivity index (χ3v) is 5.59. The van der Waals surface area contributed by atoms with E-state index in [4.69, 9.17) is 9.84 Å². The van der Waals surface area contributed by atoms with Gasteiger partial charge in [0.25, 0.3) is 0 Å². The summed E-state index contributed by atoms with van der Waals surface area (Å²) in [5.41, 5.74) is 0. The van der Waals surface area contributed by atoms with E-state index in [9.17, 15) is 13.2 Å². The molecule has 1 N–H and O–H groups in total. The van der Waals surface area contributed by atoms with Crippen LogP contribution in [0.4, 0.5) is 0 Å². The summed E-state index contributed by atoms with van der Waals surface area (Å²) in [6.07, 6.45) is 2.29. The summed E-state index contributed by atoms with van der Waals surface area (Å²) >= 11 is 1.19. The Bertz CT molecular complexity index is 545. The maximum Gasteiger partial charge on any atom is 0.349 e. The third-order valence-electron chi connectivity index (χ3n) is 2.61. The second-order valence-corrected chi connectivity index (χ2v) is 7.90. The quantitative estimate of drug-likeness (QED) is 0.756. The molecule has 0 amide bonds. The van der Waals surface area contributed by atoms with Crippen LogP contribution in [0, 0.1) is 0 Å². The first-order valence-corrected chi connectivity index (χ1v) is 9.22. The van der Waals surface area contributed by atoms with Crippen LogP contribution in [0.25, 0.3) is 0 Å². The number of aryl methyl sites for hydroxylation is 1. The van der Waals surface area contributed by atoms with E-state index in [-0.39, 0.29) is 28.7 Å². The van der Waals surface area contributed by atoms with E-state index in [0.717, 1.165) is 17.7 Å². The summed E-state index contributed by atoms with van der Waals surface area (Å²) in [5, 5.41) is 9.10. The maximum atomic E-state index is 11.6. The number of carboxylic acid groups (broad SMARTS) is 1. The standard InChI is InChI=1S/C13H20O5S2/c1-3-5-10-9-11(12(19-10)13(14)15)18-6-8-20(16,17)7-4-2/h9H,3-8H2,1-2H3,(H,14,15). The van der Waals surface area contributed by atoms with Crippen molar-refractivity contribution in [1.82, 2.24) is 0 Å². The Morgan fingerprint density at radius 3 is 2.55 bits per heavy atom. The number of carbonyl (C=O) groups is 1. The predicted molar refractivity (Wildman–Crippen MR) is 79.7 cm³/mol. The molecule has 20 heavy (non-hydrogen) atoms. The number of ether oxygens (including phenoxy) is 1. The van der Waals surface area contributed by atoms with Crippen molar-refractivity contribution >= 4 is 27.1 Å². The van der Waals surface area contributed by atoms with Gasteiger partial charge in [-0.1, -0.05) is 20.3 Å². The van der Waals surface area contributed by atoms with Crippen LogP contribution in [-0.2, 0) is 16.3 Å². The molecular weight excluding hydrogens is 300 g/mol. The Kier molecular flexibility index (Phi) is 6.48. The number of carboxylic acids is 1. The molecule has 0 aliphatic heterocycles. The molecule has 114 valence electrons. The van der Waals surface area contributed by atoms with Gasteiger partial charge in [0.15, 0.2) is 14.7 Å². The lowest BCUT2D eigenvalue weighted by Gasteiger charge is -2.05. The van der Waals surface area contributed by atoms with Crippen molar-refractivity contribution in [3.63, 3.8) is 0 Å². The average molecular weight is 320 g/mol. The van der Waals surface area contributed by atoms with Gasteiger partial charge in [0.2, 0.25) is 0 Å². The van der Waals surface area contributed by atoms with Crippen molar-refractivity contribution in [2.45, 2.75) is 33.1 Å². The van der Waals surface area contributed by atoms with E-state index in [0.29, 0.717) is 6.42 Å². The fourth-order valence-corrected chi connectivity index (χ4v) is 3.94. The van der Waals surface area contributed by atoms with Crippen LogP contribution < -0.4 is 4.74 Å². The fourth-order valence-electron chi connectivity index (χ4n) is 1.74. The molecule has 1 heterocycles. The first-order chi connectivity index (χ1) is 9.39. The summed E-state index contributed by atoms with van der Waals surface area (Å²) < 4.78 is 28.5. The topological polar surface area (TPSA) is 80.7 Å². The van der Waals surface area contributed by atoms with Crippen LogP contribution >= 0.6 is 11.3 Å². The largest absolute Gasteiger partial charge is 0.491 e. The highest BCUT2D eigenvalue weighted by Crippen LogP contribution is 2.30. The van der Waals surface area contributed by atoms with Crippen LogP contribution in [0.1, 0.15) is 41.2 Å². The van der Waals surface area contributed by atoms with E-state index < -0.39 is 15.8 Å². The van der Waals surface area contributed by atoms with Crippen LogP contribution in [0.15, 0.2) is 6.07 Å². The van der Waals surface area contributed by atoms with E-state index >= 15 is 0 Å². The number of rotatable bonds is 9. The number of aromatic carboxylic acids is 1. The van der Waals surface area contributed by atoms with Crippen LogP contribution in [0.3, 0.4) is 0 Å². The highest BCUT2D eigenvalue weighted by Gasteiger charge is 2.17.